The van der Waals surface area contributed by atoms with E-state index in [1.54, 1.807) is 4.90 Å². The topological polar surface area (TPSA) is 70.5 Å². The van der Waals surface area contributed by atoms with Crippen LogP contribution in [-0.4, -0.2) is 33.4 Å². The molecule has 0 radical (unpaired) electrons. The highest BCUT2D eigenvalue weighted by atomic mass is 16.4. The van der Waals surface area contributed by atoms with Crippen LogP contribution in [0.4, 0.5) is 0 Å². The lowest BCUT2D eigenvalue weighted by Gasteiger charge is -2.28. The van der Waals surface area contributed by atoms with Crippen molar-refractivity contribution in [1.29, 1.82) is 0 Å². The van der Waals surface area contributed by atoms with E-state index >= 15 is 0 Å². The molecule has 0 aliphatic carbocycles. The minimum absolute atomic E-state index is 0.0597. The highest BCUT2D eigenvalue weighted by Gasteiger charge is 2.21. The van der Waals surface area contributed by atoms with Gasteiger partial charge in [0.1, 0.15) is 5.69 Å². The van der Waals surface area contributed by atoms with Crippen molar-refractivity contribution in [3.63, 3.8) is 0 Å². The van der Waals surface area contributed by atoms with Crippen LogP contribution in [0, 0.1) is 0 Å². The molecule has 2 heterocycles. The number of hydrogen-bond acceptors (Lipinski definition) is 3. The van der Waals surface area contributed by atoms with Crippen molar-refractivity contribution >= 4 is 11.9 Å². The van der Waals surface area contributed by atoms with Crippen molar-refractivity contribution in [2.75, 3.05) is 6.54 Å². The van der Waals surface area contributed by atoms with E-state index in [4.69, 9.17) is 5.11 Å². The normalized spacial score (nSPS) is 13.6. The van der Waals surface area contributed by atoms with Gasteiger partial charge in [-0.1, -0.05) is 24.3 Å². The van der Waals surface area contributed by atoms with Gasteiger partial charge in [0.2, 0.25) is 0 Å². The Hall–Kier alpha value is -2.69. The van der Waals surface area contributed by atoms with Gasteiger partial charge in [0.15, 0.2) is 0 Å². The summed E-state index contributed by atoms with van der Waals surface area (Å²) in [5, 5.41) is 8.81. The van der Waals surface area contributed by atoms with Crippen molar-refractivity contribution in [2.45, 2.75) is 13.0 Å². The molecule has 0 bridgehead atoms. The van der Waals surface area contributed by atoms with Gasteiger partial charge in [0.25, 0.3) is 5.91 Å². The fourth-order valence-electron chi connectivity index (χ4n) is 2.50. The molecule has 1 aromatic carbocycles. The Morgan fingerprint density at radius 3 is 2.52 bits per heavy atom. The Bertz CT molecular complexity index is 695. The summed E-state index contributed by atoms with van der Waals surface area (Å²) in [5.74, 6) is -1.21. The van der Waals surface area contributed by atoms with Crippen molar-refractivity contribution in [3.05, 3.63) is 65.0 Å². The van der Waals surface area contributed by atoms with Gasteiger partial charge in [-0.05, 0) is 29.7 Å². The summed E-state index contributed by atoms with van der Waals surface area (Å²) in [6.45, 7) is 1.24. The van der Waals surface area contributed by atoms with Crippen LogP contribution in [0.2, 0.25) is 0 Å². The van der Waals surface area contributed by atoms with Gasteiger partial charge in [0.05, 0.1) is 5.56 Å². The van der Waals surface area contributed by atoms with Crippen LogP contribution in [0.15, 0.2) is 42.6 Å². The first-order valence-corrected chi connectivity index (χ1v) is 6.70. The van der Waals surface area contributed by atoms with Gasteiger partial charge in [0, 0.05) is 19.3 Å². The summed E-state index contributed by atoms with van der Waals surface area (Å²) < 4.78 is 0. The van der Waals surface area contributed by atoms with E-state index in [9.17, 15) is 9.59 Å². The quantitative estimate of drug-likeness (QED) is 0.914. The maximum absolute atomic E-state index is 12.4. The van der Waals surface area contributed by atoms with Gasteiger partial charge < -0.3 is 10.0 Å². The van der Waals surface area contributed by atoms with E-state index < -0.39 is 5.97 Å². The molecule has 0 saturated carbocycles. The molecule has 0 fully saturated rings. The van der Waals surface area contributed by atoms with E-state index in [-0.39, 0.29) is 11.6 Å². The third-order valence-electron chi connectivity index (χ3n) is 3.65. The molecule has 1 aromatic heterocycles. The summed E-state index contributed by atoms with van der Waals surface area (Å²) in [6, 6.07) is 11.0. The standard InChI is InChI=1S/C16H14N2O3/c19-15(12-5-6-14(16(20)21)17-9-12)18-8-7-11-3-1-2-4-13(11)10-18/h1-6,9H,7-8,10H2,(H,20,21). The van der Waals surface area contributed by atoms with Gasteiger partial charge in [-0.3, -0.25) is 4.79 Å². The Morgan fingerprint density at radius 1 is 1.10 bits per heavy atom. The molecule has 5 nitrogen and oxygen atoms in total. The lowest BCUT2D eigenvalue weighted by atomic mass is 9.99. The Labute approximate surface area is 121 Å². The number of pyridine rings is 1. The number of carbonyl (C=O) groups excluding carboxylic acids is 1. The highest BCUT2D eigenvalue weighted by molar-refractivity contribution is 5.95. The lowest BCUT2D eigenvalue weighted by Crippen LogP contribution is -2.36. The number of rotatable bonds is 2. The van der Waals surface area contributed by atoms with E-state index in [1.807, 2.05) is 18.2 Å². The van der Waals surface area contributed by atoms with Crippen LogP contribution in [0.5, 0.6) is 0 Å². The zero-order valence-corrected chi connectivity index (χ0v) is 11.3. The summed E-state index contributed by atoms with van der Waals surface area (Å²) >= 11 is 0. The van der Waals surface area contributed by atoms with Crippen molar-refractivity contribution < 1.29 is 14.7 Å². The largest absolute Gasteiger partial charge is 0.477 e. The minimum Gasteiger partial charge on any atom is -0.477 e. The Kier molecular flexibility index (Phi) is 3.39. The lowest BCUT2D eigenvalue weighted by molar-refractivity contribution is 0.0685. The van der Waals surface area contributed by atoms with Gasteiger partial charge in [-0.2, -0.15) is 0 Å². The third kappa shape index (κ3) is 2.63. The minimum atomic E-state index is -1.10. The van der Waals surface area contributed by atoms with Crippen LogP contribution in [0.1, 0.15) is 32.0 Å². The molecule has 1 amide bonds. The van der Waals surface area contributed by atoms with E-state index in [0.29, 0.717) is 18.7 Å². The number of hydrogen-bond donors (Lipinski definition) is 1. The summed E-state index contributed by atoms with van der Waals surface area (Å²) in [6.07, 6.45) is 2.16. The Morgan fingerprint density at radius 2 is 1.86 bits per heavy atom. The maximum atomic E-state index is 12.4. The first-order valence-electron chi connectivity index (χ1n) is 6.70. The van der Waals surface area contributed by atoms with Crippen LogP contribution in [-0.2, 0) is 13.0 Å². The molecule has 0 atom stereocenters. The molecule has 1 N–H and O–H groups in total. The van der Waals surface area contributed by atoms with Gasteiger partial charge >= 0.3 is 5.97 Å². The second-order valence-electron chi connectivity index (χ2n) is 4.98. The fourth-order valence-corrected chi connectivity index (χ4v) is 2.50. The SMILES string of the molecule is O=C(O)c1ccc(C(=O)N2CCc3ccccc3C2)cn1. The second-order valence-corrected chi connectivity index (χ2v) is 4.98. The molecule has 0 saturated heterocycles. The number of fused-ring (bicyclic) bond motifs is 1. The first kappa shape index (κ1) is 13.3. The summed E-state index contributed by atoms with van der Waals surface area (Å²) in [4.78, 5) is 28.7. The van der Waals surface area contributed by atoms with Crippen molar-refractivity contribution in [3.8, 4) is 0 Å². The van der Waals surface area contributed by atoms with Crippen molar-refractivity contribution in [1.82, 2.24) is 9.88 Å². The molecule has 21 heavy (non-hydrogen) atoms. The van der Waals surface area contributed by atoms with Gasteiger partial charge in [-0.15, -0.1) is 0 Å². The predicted octanol–water partition coefficient (Wildman–Crippen LogP) is 1.98. The number of nitrogens with zero attached hydrogens (tertiary/aromatic N) is 2. The summed E-state index contributed by atoms with van der Waals surface area (Å²) in [7, 11) is 0. The van der Waals surface area contributed by atoms with E-state index in [0.717, 1.165) is 12.0 Å². The monoisotopic (exact) mass is 282 g/mol. The number of carbonyl (C=O) groups is 2. The van der Waals surface area contributed by atoms with Crippen LogP contribution in [0.25, 0.3) is 0 Å². The second kappa shape index (κ2) is 5.36. The third-order valence-corrected chi connectivity index (χ3v) is 3.65. The molecule has 1 aliphatic rings. The molecular formula is C16H14N2O3. The van der Waals surface area contributed by atoms with Gasteiger partial charge in [-0.25, -0.2) is 9.78 Å². The smallest absolute Gasteiger partial charge is 0.354 e. The fraction of sp³-hybridized carbons (Fsp3) is 0.188. The van der Waals surface area contributed by atoms with Crippen molar-refractivity contribution in [2.24, 2.45) is 0 Å². The number of aromatic nitrogens is 1. The Balaban J connectivity index is 1.79. The maximum Gasteiger partial charge on any atom is 0.354 e. The molecule has 5 heteroatoms. The summed E-state index contributed by atoms with van der Waals surface area (Å²) in [5.41, 5.74) is 2.79. The number of carboxylic acids is 1. The predicted molar refractivity (Wildman–Crippen MR) is 76.1 cm³/mol. The number of amides is 1. The van der Waals surface area contributed by atoms with Crippen LogP contribution >= 0.6 is 0 Å². The molecule has 3 rings (SSSR count). The zero-order chi connectivity index (χ0) is 14.8. The molecule has 0 unspecified atom stereocenters. The highest BCUT2D eigenvalue weighted by Crippen LogP contribution is 2.20. The number of benzene rings is 1. The van der Waals surface area contributed by atoms with E-state index in [2.05, 4.69) is 11.1 Å². The zero-order valence-electron chi connectivity index (χ0n) is 11.3. The molecule has 106 valence electrons. The average Bonchev–Trinajstić information content (AvgIpc) is 2.54. The van der Waals surface area contributed by atoms with Crippen LogP contribution in [0.3, 0.4) is 0 Å². The van der Waals surface area contributed by atoms with Crippen LogP contribution < -0.4 is 0 Å². The molecular weight excluding hydrogens is 268 g/mol. The number of aromatic carboxylic acids is 1. The molecule has 1 aliphatic heterocycles. The van der Waals surface area contributed by atoms with E-state index in [1.165, 1.54) is 23.9 Å². The molecule has 2 aromatic rings. The first-order chi connectivity index (χ1) is 10.1. The molecule has 0 spiro atoms. The average molecular weight is 282 g/mol. The number of carboxylic acid groups (broad SMARTS) is 1.